The van der Waals surface area contributed by atoms with E-state index in [1.54, 1.807) is 0 Å². The number of carbonyl (C=O) groups excluding carboxylic acids is 2. The van der Waals surface area contributed by atoms with Crippen LogP contribution in [0.3, 0.4) is 0 Å². The lowest BCUT2D eigenvalue weighted by molar-refractivity contribution is -0.388. The molecule has 10 nitrogen and oxygen atoms in total. The van der Waals surface area contributed by atoms with Crippen LogP contribution in [0.25, 0.3) is 0 Å². The second-order valence-corrected chi connectivity index (χ2v) is 11.3. The first-order chi connectivity index (χ1) is 19.2. The van der Waals surface area contributed by atoms with Gasteiger partial charge in [-0.15, -0.1) is 0 Å². The molecule has 0 saturated carbocycles. The normalized spacial score (nSPS) is 17.3. The zero-order valence-corrected chi connectivity index (χ0v) is 23.0. The van der Waals surface area contributed by atoms with E-state index in [-0.39, 0.29) is 31.1 Å². The summed E-state index contributed by atoms with van der Waals surface area (Å²) in [5.41, 5.74) is -4.35. The number of hydrogen-bond donors (Lipinski definition) is 1. The molecule has 0 aromatic heterocycles. The van der Waals surface area contributed by atoms with Crippen molar-refractivity contribution in [1.82, 2.24) is 10.2 Å². The van der Waals surface area contributed by atoms with Gasteiger partial charge in [-0.3, -0.25) is 24.0 Å². The Labute approximate surface area is 236 Å². The predicted molar refractivity (Wildman–Crippen MR) is 130 cm³/mol. The van der Waals surface area contributed by atoms with E-state index in [2.05, 4.69) is 5.32 Å². The van der Waals surface area contributed by atoms with Crippen LogP contribution in [0.1, 0.15) is 43.9 Å². The van der Waals surface area contributed by atoms with Crippen LogP contribution in [0.5, 0.6) is 0 Å². The summed E-state index contributed by atoms with van der Waals surface area (Å²) in [4.78, 5) is 35.5. The van der Waals surface area contributed by atoms with Gasteiger partial charge in [0.05, 0.1) is 31.3 Å². The van der Waals surface area contributed by atoms with Crippen LogP contribution >= 0.6 is 0 Å². The van der Waals surface area contributed by atoms with Crippen LogP contribution in [0.2, 0.25) is 0 Å². The number of nitro benzene ring substituents is 1. The number of hydrogen-bond acceptors (Lipinski definition) is 7. The van der Waals surface area contributed by atoms with E-state index in [1.165, 1.54) is 13.8 Å². The van der Waals surface area contributed by atoms with Crippen LogP contribution < -0.4 is 5.32 Å². The molecular formula is C23H27F8N3O7S. The maximum atomic E-state index is 13.5. The second kappa shape index (κ2) is 13.6. The Morgan fingerprint density at radius 1 is 1.05 bits per heavy atom. The van der Waals surface area contributed by atoms with Crippen molar-refractivity contribution in [3.05, 3.63) is 39.4 Å². The van der Waals surface area contributed by atoms with Crippen molar-refractivity contribution in [1.29, 1.82) is 0 Å². The number of imide groups is 1. The average molecular weight is 642 g/mol. The third kappa shape index (κ3) is 9.29. The standard InChI is InChI=1S/C23H27F8N3O7S/c1-20(2)18(35)33(19(36)32-20)13-17(14-4-5-16(34(37)38)15(12-14)22(26,27)28)41-8-7-40-9-11-42(39)10-3-6-21(24,25)23(29,30)31/h4-5,12,17H,3,6-11,13H2,1-2H3,(H,32,36). The van der Waals surface area contributed by atoms with Crippen LogP contribution in [-0.4, -0.2) is 81.5 Å². The number of carbonyl (C=O) groups is 2. The third-order valence-corrected chi connectivity index (χ3v) is 7.33. The summed E-state index contributed by atoms with van der Waals surface area (Å²) in [6.45, 7) is 1.40. The van der Waals surface area contributed by atoms with Crippen molar-refractivity contribution in [2.75, 3.05) is 37.9 Å². The molecule has 1 aromatic rings. The highest BCUT2D eigenvalue weighted by molar-refractivity contribution is 7.84. The first kappa shape index (κ1) is 35.3. The van der Waals surface area contributed by atoms with Gasteiger partial charge in [-0.1, -0.05) is 0 Å². The van der Waals surface area contributed by atoms with Gasteiger partial charge in [0.2, 0.25) is 0 Å². The van der Waals surface area contributed by atoms with E-state index in [1.807, 2.05) is 0 Å². The van der Waals surface area contributed by atoms with Crippen LogP contribution in [-0.2, 0) is 31.2 Å². The van der Waals surface area contributed by atoms with E-state index < -0.39 is 94.0 Å². The molecule has 2 unspecified atom stereocenters. The number of nitrogens with one attached hydrogen (secondary N) is 1. The summed E-state index contributed by atoms with van der Waals surface area (Å²) in [6.07, 6.45) is -14.4. The molecular weight excluding hydrogens is 614 g/mol. The molecule has 1 N–H and O–H groups in total. The van der Waals surface area contributed by atoms with Crippen LogP contribution in [0.4, 0.5) is 45.6 Å². The van der Waals surface area contributed by atoms with Crippen LogP contribution in [0, 0.1) is 10.1 Å². The molecule has 1 aromatic carbocycles. The molecule has 19 heteroatoms. The molecule has 2 atom stereocenters. The Balaban J connectivity index is 2.02. The van der Waals surface area contributed by atoms with Crippen LogP contribution in [0.15, 0.2) is 18.2 Å². The maximum Gasteiger partial charge on any atom is 0.453 e. The highest BCUT2D eigenvalue weighted by Gasteiger charge is 2.56. The number of benzene rings is 1. The Bertz CT molecular complexity index is 1180. The zero-order chi connectivity index (χ0) is 32.1. The molecule has 1 heterocycles. The fourth-order valence-corrected chi connectivity index (χ4v) is 4.72. The average Bonchev–Trinajstić information content (AvgIpc) is 3.04. The lowest BCUT2D eigenvalue weighted by Crippen LogP contribution is -2.41. The quantitative estimate of drug-likeness (QED) is 0.0963. The number of halogens is 8. The summed E-state index contributed by atoms with van der Waals surface area (Å²) in [6, 6.07) is 1.22. The molecule has 1 aliphatic heterocycles. The highest BCUT2D eigenvalue weighted by Crippen LogP contribution is 2.39. The number of ether oxygens (including phenoxy) is 2. The zero-order valence-electron chi connectivity index (χ0n) is 22.2. The van der Waals surface area contributed by atoms with Gasteiger partial charge in [0, 0.05) is 34.8 Å². The van der Waals surface area contributed by atoms with Crippen molar-refractivity contribution in [2.45, 2.75) is 56.6 Å². The lowest BCUT2D eigenvalue weighted by atomic mass is 10.0. The highest BCUT2D eigenvalue weighted by atomic mass is 32.2. The minimum Gasteiger partial charge on any atom is -0.378 e. The molecule has 1 saturated heterocycles. The topological polar surface area (TPSA) is 128 Å². The number of rotatable bonds is 15. The smallest absolute Gasteiger partial charge is 0.378 e. The van der Waals surface area contributed by atoms with Gasteiger partial charge in [-0.25, -0.2) is 4.79 Å². The number of urea groups is 1. The first-order valence-electron chi connectivity index (χ1n) is 12.2. The predicted octanol–water partition coefficient (Wildman–Crippen LogP) is 4.74. The monoisotopic (exact) mass is 641 g/mol. The van der Waals surface area contributed by atoms with Gasteiger partial charge in [0.15, 0.2) is 0 Å². The van der Waals surface area contributed by atoms with Crippen molar-refractivity contribution in [3.8, 4) is 0 Å². The van der Waals surface area contributed by atoms with E-state index in [9.17, 15) is 59.0 Å². The molecule has 42 heavy (non-hydrogen) atoms. The van der Waals surface area contributed by atoms with Gasteiger partial charge in [0.1, 0.15) is 17.2 Å². The van der Waals surface area contributed by atoms with Crippen molar-refractivity contribution >= 4 is 28.4 Å². The van der Waals surface area contributed by atoms with E-state index in [0.717, 1.165) is 6.07 Å². The fourth-order valence-electron chi connectivity index (χ4n) is 3.75. The summed E-state index contributed by atoms with van der Waals surface area (Å²) in [5.74, 6) is -6.25. The Morgan fingerprint density at radius 2 is 1.69 bits per heavy atom. The van der Waals surface area contributed by atoms with Gasteiger partial charge in [-0.05, 0) is 38.0 Å². The van der Waals surface area contributed by atoms with E-state index in [0.29, 0.717) is 17.0 Å². The van der Waals surface area contributed by atoms with Crippen molar-refractivity contribution < 1.29 is 63.3 Å². The Kier molecular flexibility index (Phi) is 11.4. The van der Waals surface area contributed by atoms with Crippen molar-refractivity contribution in [3.63, 3.8) is 0 Å². The molecule has 0 bridgehead atoms. The summed E-state index contributed by atoms with van der Waals surface area (Å²) in [7, 11) is -1.78. The molecule has 2 rings (SSSR count). The van der Waals surface area contributed by atoms with Gasteiger partial charge in [0.25, 0.3) is 11.6 Å². The molecule has 238 valence electrons. The van der Waals surface area contributed by atoms with E-state index >= 15 is 0 Å². The molecule has 1 fully saturated rings. The molecule has 0 radical (unpaired) electrons. The fraction of sp³-hybridized carbons (Fsp3) is 0.652. The largest absolute Gasteiger partial charge is 0.453 e. The lowest BCUT2D eigenvalue weighted by Gasteiger charge is -2.24. The second-order valence-electron chi connectivity index (χ2n) is 9.63. The minimum absolute atomic E-state index is 0.212. The summed E-state index contributed by atoms with van der Waals surface area (Å²) >= 11 is 0. The summed E-state index contributed by atoms with van der Waals surface area (Å²) in [5, 5.41) is 13.5. The van der Waals surface area contributed by atoms with Gasteiger partial charge >= 0.3 is 24.3 Å². The van der Waals surface area contributed by atoms with Gasteiger partial charge < -0.3 is 14.8 Å². The Morgan fingerprint density at radius 3 is 2.21 bits per heavy atom. The maximum absolute atomic E-state index is 13.5. The number of nitrogens with zero attached hydrogens (tertiary/aromatic N) is 2. The molecule has 0 spiro atoms. The van der Waals surface area contributed by atoms with E-state index in [4.69, 9.17) is 9.47 Å². The number of amides is 3. The Hall–Kier alpha value is -2.93. The number of nitro groups is 1. The minimum atomic E-state index is -5.71. The third-order valence-electron chi connectivity index (χ3n) is 5.97. The van der Waals surface area contributed by atoms with Gasteiger partial charge in [-0.2, -0.15) is 35.1 Å². The first-order valence-corrected chi connectivity index (χ1v) is 13.6. The SMILES string of the molecule is CC1(C)NC(=O)N(CC(OCCOCCS(=O)CCCC(F)(F)C(F)(F)F)c2ccc([N+](=O)[O-])c(C(F)(F)F)c2)C1=O. The number of alkyl halides is 8. The van der Waals surface area contributed by atoms with Crippen molar-refractivity contribution in [2.24, 2.45) is 0 Å². The molecule has 0 aliphatic carbocycles. The molecule has 3 amide bonds. The molecule has 1 aliphatic rings. The summed E-state index contributed by atoms with van der Waals surface area (Å²) < 4.78 is 126.